The Balaban J connectivity index is 2.97. The van der Waals surface area contributed by atoms with Crippen molar-refractivity contribution in [1.29, 1.82) is 0 Å². The Morgan fingerprint density at radius 2 is 1.93 bits per heavy atom. The molecule has 1 N–H and O–H groups in total. The summed E-state index contributed by atoms with van der Waals surface area (Å²) in [5, 5.41) is 0. The van der Waals surface area contributed by atoms with Gasteiger partial charge in [0, 0.05) is 17.7 Å². The Morgan fingerprint density at radius 1 is 1.33 bits per heavy atom. The SMILES string of the molecule is C[C@H](NS(C)(=O)=O)c1ccc(F)cc1F. The van der Waals surface area contributed by atoms with Crippen molar-refractivity contribution in [3.63, 3.8) is 0 Å². The fourth-order valence-corrected chi connectivity index (χ4v) is 2.01. The predicted octanol–water partition coefficient (Wildman–Crippen LogP) is 1.57. The summed E-state index contributed by atoms with van der Waals surface area (Å²) < 4.78 is 49.7. The molecule has 0 amide bonds. The molecule has 1 atom stereocenters. The van der Waals surface area contributed by atoms with Crippen LogP contribution in [0.25, 0.3) is 0 Å². The van der Waals surface area contributed by atoms with Crippen molar-refractivity contribution in [3.8, 4) is 0 Å². The average molecular weight is 235 g/mol. The first-order chi connectivity index (χ1) is 6.79. The van der Waals surface area contributed by atoms with Gasteiger partial charge >= 0.3 is 0 Å². The Bertz CT molecular complexity index is 459. The van der Waals surface area contributed by atoms with Crippen LogP contribution in [-0.2, 0) is 10.0 Å². The number of sulfonamides is 1. The van der Waals surface area contributed by atoms with Gasteiger partial charge < -0.3 is 0 Å². The lowest BCUT2D eigenvalue weighted by molar-refractivity contribution is 0.542. The number of benzene rings is 1. The molecular weight excluding hydrogens is 224 g/mol. The molecule has 0 aliphatic carbocycles. The summed E-state index contributed by atoms with van der Waals surface area (Å²) in [4.78, 5) is 0. The van der Waals surface area contributed by atoms with E-state index in [2.05, 4.69) is 4.72 Å². The average Bonchev–Trinajstić information content (AvgIpc) is 1.99. The number of rotatable bonds is 3. The van der Waals surface area contributed by atoms with Crippen LogP contribution in [0, 0.1) is 11.6 Å². The maximum Gasteiger partial charge on any atom is 0.209 e. The van der Waals surface area contributed by atoms with E-state index in [1.54, 1.807) is 0 Å². The topological polar surface area (TPSA) is 46.2 Å². The van der Waals surface area contributed by atoms with Gasteiger partial charge in [-0.3, -0.25) is 0 Å². The fraction of sp³-hybridized carbons (Fsp3) is 0.333. The summed E-state index contributed by atoms with van der Waals surface area (Å²) in [6.07, 6.45) is 0.977. The molecule has 6 heteroatoms. The van der Waals surface area contributed by atoms with Crippen molar-refractivity contribution in [3.05, 3.63) is 35.4 Å². The molecule has 0 fully saturated rings. The van der Waals surface area contributed by atoms with Crippen LogP contribution < -0.4 is 4.72 Å². The number of hydrogen-bond acceptors (Lipinski definition) is 2. The quantitative estimate of drug-likeness (QED) is 0.864. The smallest absolute Gasteiger partial charge is 0.209 e. The van der Waals surface area contributed by atoms with Crippen molar-refractivity contribution >= 4 is 10.0 Å². The molecule has 0 aromatic heterocycles. The molecule has 0 unspecified atom stereocenters. The molecule has 84 valence electrons. The summed E-state index contributed by atoms with van der Waals surface area (Å²) in [6, 6.07) is 2.29. The molecule has 0 radical (unpaired) electrons. The van der Waals surface area contributed by atoms with E-state index in [0.717, 1.165) is 18.4 Å². The largest absolute Gasteiger partial charge is 0.213 e. The van der Waals surface area contributed by atoms with Crippen LogP contribution in [0.3, 0.4) is 0 Å². The molecule has 3 nitrogen and oxygen atoms in total. The van der Waals surface area contributed by atoms with Crippen LogP contribution in [-0.4, -0.2) is 14.7 Å². The highest BCUT2D eigenvalue weighted by atomic mass is 32.2. The predicted molar refractivity (Wildman–Crippen MR) is 52.8 cm³/mol. The normalized spacial score (nSPS) is 13.9. The van der Waals surface area contributed by atoms with Crippen molar-refractivity contribution < 1.29 is 17.2 Å². The third-order valence-corrected chi connectivity index (χ3v) is 2.60. The van der Waals surface area contributed by atoms with E-state index in [1.165, 1.54) is 13.0 Å². The lowest BCUT2D eigenvalue weighted by atomic mass is 10.1. The van der Waals surface area contributed by atoms with E-state index in [0.29, 0.717) is 0 Å². The molecule has 0 heterocycles. The van der Waals surface area contributed by atoms with E-state index in [-0.39, 0.29) is 5.56 Å². The lowest BCUT2D eigenvalue weighted by Gasteiger charge is -2.13. The van der Waals surface area contributed by atoms with Crippen LogP contribution in [0.2, 0.25) is 0 Å². The maximum absolute atomic E-state index is 13.2. The second kappa shape index (κ2) is 4.24. The third kappa shape index (κ3) is 3.56. The molecule has 0 bridgehead atoms. The standard InChI is InChI=1S/C9H11F2NO2S/c1-6(12-15(2,13)14)8-4-3-7(10)5-9(8)11/h3-6,12H,1-2H3/t6-/m0/s1. The van der Waals surface area contributed by atoms with Crippen LogP contribution in [0.1, 0.15) is 18.5 Å². The van der Waals surface area contributed by atoms with E-state index >= 15 is 0 Å². The number of nitrogens with one attached hydrogen (secondary N) is 1. The molecule has 1 aromatic rings. The first-order valence-electron chi connectivity index (χ1n) is 4.22. The van der Waals surface area contributed by atoms with Crippen LogP contribution in [0.4, 0.5) is 8.78 Å². The van der Waals surface area contributed by atoms with Gasteiger partial charge in [-0.05, 0) is 13.0 Å². The van der Waals surface area contributed by atoms with Gasteiger partial charge in [0.05, 0.1) is 6.26 Å². The first kappa shape index (κ1) is 12.1. The minimum atomic E-state index is -3.41. The zero-order chi connectivity index (χ0) is 11.6. The molecule has 15 heavy (non-hydrogen) atoms. The highest BCUT2D eigenvalue weighted by Crippen LogP contribution is 2.17. The zero-order valence-corrected chi connectivity index (χ0v) is 9.11. The Morgan fingerprint density at radius 3 is 2.40 bits per heavy atom. The van der Waals surface area contributed by atoms with Gasteiger partial charge in [-0.2, -0.15) is 0 Å². The van der Waals surface area contributed by atoms with Crippen molar-refractivity contribution in [2.24, 2.45) is 0 Å². The van der Waals surface area contributed by atoms with Gasteiger partial charge in [-0.1, -0.05) is 6.07 Å². The third-order valence-electron chi connectivity index (χ3n) is 1.82. The van der Waals surface area contributed by atoms with Gasteiger partial charge in [0.2, 0.25) is 10.0 Å². The van der Waals surface area contributed by atoms with E-state index in [9.17, 15) is 17.2 Å². The second-order valence-corrected chi connectivity index (χ2v) is 5.06. The number of halogens is 2. The van der Waals surface area contributed by atoms with Crippen molar-refractivity contribution in [1.82, 2.24) is 4.72 Å². The molecule has 0 saturated heterocycles. The van der Waals surface area contributed by atoms with Crippen LogP contribution in [0.5, 0.6) is 0 Å². The summed E-state index contributed by atoms with van der Waals surface area (Å²) in [7, 11) is -3.41. The first-order valence-corrected chi connectivity index (χ1v) is 6.11. The minimum absolute atomic E-state index is 0.113. The highest BCUT2D eigenvalue weighted by Gasteiger charge is 2.14. The molecule has 1 rings (SSSR count). The van der Waals surface area contributed by atoms with Gasteiger partial charge in [-0.15, -0.1) is 0 Å². The van der Waals surface area contributed by atoms with Crippen molar-refractivity contribution in [2.45, 2.75) is 13.0 Å². The molecule has 0 spiro atoms. The van der Waals surface area contributed by atoms with Crippen molar-refractivity contribution in [2.75, 3.05) is 6.26 Å². The Hall–Kier alpha value is -1.01. The van der Waals surface area contributed by atoms with E-state index in [1.807, 2.05) is 0 Å². The van der Waals surface area contributed by atoms with Gasteiger partial charge in [0.25, 0.3) is 0 Å². The molecule has 0 saturated carbocycles. The molecule has 0 aliphatic heterocycles. The van der Waals surface area contributed by atoms with Crippen LogP contribution >= 0.6 is 0 Å². The minimum Gasteiger partial charge on any atom is -0.213 e. The lowest BCUT2D eigenvalue weighted by Crippen LogP contribution is -2.26. The van der Waals surface area contributed by atoms with Gasteiger partial charge in [-0.25, -0.2) is 21.9 Å². The molecule has 1 aromatic carbocycles. The van der Waals surface area contributed by atoms with E-state index < -0.39 is 27.7 Å². The summed E-state index contributed by atoms with van der Waals surface area (Å²) in [5.74, 6) is -1.46. The summed E-state index contributed by atoms with van der Waals surface area (Å²) >= 11 is 0. The van der Waals surface area contributed by atoms with Crippen LogP contribution in [0.15, 0.2) is 18.2 Å². The molecule has 0 aliphatic rings. The second-order valence-electron chi connectivity index (χ2n) is 3.28. The summed E-state index contributed by atoms with van der Waals surface area (Å²) in [5.41, 5.74) is 0.113. The maximum atomic E-state index is 13.2. The fourth-order valence-electron chi connectivity index (χ4n) is 1.24. The number of hydrogen-bond donors (Lipinski definition) is 1. The Labute approximate surface area is 87.2 Å². The van der Waals surface area contributed by atoms with Gasteiger partial charge in [0.15, 0.2) is 0 Å². The highest BCUT2D eigenvalue weighted by molar-refractivity contribution is 7.88. The van der Waals surface area contributed by atoms with Gasteiger partial charge in [0.1, 0.15) is 11.6 Å². The zero-order valence-electron chi connectivity index (χ0n) is 8.29. The monoisotopic (exact) mass is 235 g/mol. The molecular formula is C9H11F2NO2S. The Kier molecular flexibility index (Phi) is 3.41. The van der Waals surface area contributed by atoms with E-state index in [4.69, 9.17) is 0 Å². The summed E-state index contributed by atoms with van der Waals surface area (Å²) in [6.45, 7) is 1.48.